The lowest BCUT2D eigenvalue weighted by molar-refractivity contribution is -0.143. The van der Waals surface area contributed by atoms with Gasteiger partial charge in [0.1, 0.15) is 5.75 Å². The molecule has 188 valence electrons. The molecule has 0 saturated carbocycles. The van der Waals surface area contributed by atoms with Crippen molar-refractivity contribution in [1.82, 2.24) is 0 Å². The number of cyclic esters (lactones) is 1. The van der Waals surface area contributed by atoms with Crippen LogP contribution in [-0.4, -0.2) is 35.5 Å². The van der Waals surface area contributed by atoms with Crippen LogP contribution in [0, 0.1) is 18.8 Å². The number of allylic oxidation sites excluding steroid dienone is 4. The number of ether oxygens (including phenoxy) is 2. The second-order valence-electron chi connectivity index (χ2n) is 8.82. The van der Waals surface area contributed by atoms with Crippen LogP contribution in [0.25, 0.3) is 0 Å². The fourth-order valence-corrected chi connectivity index (χ4v) is 5.09. The third-order valence-electron chi connectivity index (χ3n) is 6.02. The van der Waals surface area contributed by atoms with Crippen molar-refractivity contribution in [1.29, 1.82) is 0 Å². The fourth-order valence-electron chi connectivity index (χ4n) is 3.95. The summed E-state index contributed by atoms with van der Waals surface area (Å²) in [6.45, 7) is 4.76. The lowest BCUT2D eigenvalue weighted by Gasteiger charge is -2.11. The van der Waals surface area contributed by atoms with E-state index in [2.05, 4.69) is 12.2 Å². The van der Waals surface area contributed by atoms with E-state index in [4.69, 9.17) is 9.47 Å². The number of hydrogen-bond acceptors (Lipinski definition) is 5. The van der Waals surface area contributed by atoms with Crippen LogP contribution < -0.4 is 0 Å². The molecule has 0 aliphatic carbocycles. The van der Waals surface area contributed by atoms with Crippen LogP contribution in [0.1, 0.15) is 70.3 Å². The van der Waals surface area contributed by atoms with Crippen LogP contribution in [0.15, 0.2) is 53.5 Å². The zero-order valence-corrected chi connectivity index (χ0v) is 21.5. The molecule has 2 rings (SSSR count). The van der Waals surface area contributed by atoms with E-state index in [0.717, 1.165) is 49.8 Å². The number of esters is 2. The predicted octanol–water partition coefficient (Wildman–Crippen LogP) is 6.08. The minimum absolute atomic E-state index is 0.0808. The van der Waals surface area contributed by atoms with Gasteiger partial charge in [0, 0.05) is 12.3 Å². The lowest BCUT2D eigenvalue weighted by atomic mass is 9.89. The van der Waals surface area contributed by atoms with E-state index in [1.54, 1.807) is 0 Å². The number of unbranched alkanes of at least 4 members (excludes halogenated alkanes) is 4. The molecule has 0 amide bonds. The maximum absolute atomic E-state index is 12.3. The van der Waals surface area contributed by atoms with Gasteiger partial charge in [-0.25, -0.2) is 0 Å². The second kappa shape index (κ2) is 16.6. The summed E-state index contributed by atoms with van der Waals surface area (Å²) < 4.78 is 22.5. The molecule has 0 bridgehead atoms. The molecular formula is C28H40O5S. The fraction of sp³-hybridized carbons (Fsp3) is 0.571. The number of carbonyl (C=O) groups excluding carboxylic acids is 2. The van der Waals surface area contributed by atoms with Crippen LogP contribution in [0.4, 0.5) is 0 Å². The minimum Gasteiger partial charge on any atom is -0.611 e. The van der Waals surface area contributed by atoms with Gasteiger partial charge < -0.3 is 14.0 Å². The number of rotatable bonds is 16. The maximum Gasteiger partial charge on any atom is 0.309 e. The van der Waals surface area contributed by atoms with Gasteiger partial charge in [0.25, 0.3) is 0 Å². The molecule has 3 atom stereocenters. The Bertz CT molecular complexity index is 786. The molecule has 1 aliphatic heterocycles. The summed E-state index contributed by atoms with van der Waals surface area (Å²) in [5, 5.41) is 0. The molecule has 34 heavy (non-hydrogen) atoms. The van der Waals surface area contributed by atoms with Gasteiger partial charge in [-0.05, 0) is 88.5 Å². The maximum atomic E-state index is 12.3. The summed E-state index contributed by atoms with van der Waals surface area (Å²) >= 11 is -0.908. The molecular weight excluding hydrogens is 448 g/mol. The molecule has 5 nitrogen and oxygen atoms in total. The summed E-state index contributed by atoms with van der Waals surface area (Å²) in [6, 6.07) is 7.94. The van der Waals surface area contributed by atoms with Crippen molar-refractivity contribution in [2.75, 3.05) is 19.0 Å². The first-order valence-electron chi connectivity index (χ1n) is 12.6. The largest absolute Gasteiger partial charge is 0.611 e. The van der Waals surface area contributed by atoms with Crippen LogP contribution in [0.5, 0.6) is 0 Å². The van der Waals surface area contributed by atoms with E-state index in [1.165, 1.54) is 5.56 Å². The zero-order chi connectivity index (χ0) is 24.6. The van der Waals surface area contributed by atoms with Gasteiger partial charge in [-0.2, -0.15) is 0 Å². The van der Waals surface area contributed by atoms with Gasteiger partial charge in [-0.15, -0.1) is 0 Å². The molecule has 0 radical (unpaired) electrons. The van der Waals surface area contributed by atoms with E-state index in [9.17, 15) is 14.1 Å². The third-order valence-corrected chi connectivity index (χ3v) is 7.47. The van der Waals surface area contributed by atoms with E-state index in [-0.39, 0.29) is 23.8 Å². The molecule has 1 aromatic rings. The highest BCUT2D eigenvalue weighted by Gasteiger charge is 2.34. The summed E-state index contributed by atoms with van der Waals surface area (Å²) in [6.07, 6.45) is 16.1. The zero-order valence-electron chi connectivity index (χ0n) is 20.7. The Morgan fingerprint density at radius 3 is 2.50 bits per heavy atom. The van der Waals surface area contributed by atoms with Crippen molar-refractivity contribution >= 4 is 23.1 Å². The Morgan fingerprint density at radius 2 is 1.76 bits per heavy atom. The number of carbonyl (C=O) groups is 2. The first-order chi connectivity index (χ1) is 16.5. The third kappa shape index (κ3) is 10.9. The topological polar surface area (TPSA) is 75.7 Å². The molecule has 3 unspecified atom stereocenters. The molecule has 0 aromatic heterocycles. The Labute approximate surface area is 208 Å². The molecule has 1 saturated heterocycles. The average Bonchev–Trinajstić information content (AvgIpc) is 3.17. The monoisotopic (exact) mass is 488 g/mol. The normalized spacial score (nSPS) is 19.1. The smallest absolute Gasteiger partial charge is 0.309 e. The number of hydrogen-bond donors (Lipinski definition) is 0. The summed E-state index contributed by atoms with van der Waals surface area (Å²) in [5.41, 5.74) is 1.19. The van der Waals surface area contributed by atoms with Gasteiger partial charge in [-0.1, -0.05) is 42.0 Å². The Morgan fingerprint density at radius 1 is 1.06 bits per heavy atom. The summed E-state index contributed by atoms with van der Waals surface area (Å²) in [4.78, 5) is 24.3. The quantitative estimate of drug-likeness (QED) is 0.122. The van der Waals surface area contributed by atoms with E-state index < -0.39 is 11.2 Å². The van der Waals surface area contributed by atoms with E-state index in [1.807, 2.05) is 50.3 Å². The SMILES string of the molecule is CCOC(=O)CCCC=CCC1C(=O)OCC1C/C=C/CCCCC[S+]([O-])c1ccc(C)cc1. The van der Waals surface area contributed by atoms with Crippen LogP contribution in [0.2, 0.25) is 0 Å². The molecule has 6 heteroatoms. The second-order valence-corrected chi connectivity index (χ2v) is 10.4. The predicted molar refractivity (Wildman–Crippen MR) is 137 cm³/mol. The van der Waals surface area contributed by atoms with Crippen molar-refractivity contribution in [3.8, 4) is 0 Å². The number of benzene rings is 1. The standard InChI is InChI=1S/C28H40O5S/c1-3-32-27(29)16-12-8-7-11-15-26-24(22-33-28(26)30)14-10-6-4-5-9-13-21-34(31)25-19-17-23(2)18-20-25/h6-7,10-11,17-20,24,26H,3-5,8-9,12-16,21-22H2,1-2H3/b10-6+,11-7?. The Hall–Kier alpha value is -2.05. The van der Waals surface area contributed by atoms with Gasteiger partial charge in [0.05, 0.1) is 19.1 Å². The van der Waals surface area contributed by atoms with Crippen LogP contribution in [0.3, 0.4) is 0 Å². The average molecular weight is 489 g/mol. The summed E-state index contributed by atoms with van der Waals surface area (Å²) in [7, 11) is 0. The molecule has 1 aromatic carbocycles. The van der Waals surface area contributed by atoms with Gasteiger partial charge >= 0.3 is 11.9 Å². The van der Waals surface area contributed by atoms with E-state index >= 15 is 0 Å². The highest BCUT2D eigenvalue weighted by Crippen LogP contribution is 2.29. The minimum atomic E-state index is -0.908. The van der Waals surface area contributed by atoms with Gasteiger partial charge in [0.2, 0.25) is 0 Å². The molecule has 0 spiro atoms. The first kappa shape index (κ1) is 28.2. The lowest BCUT2D eigenvalue weighted by Crippen LogP contribution is -2.14. The summed E-state index contributed by atoms with van der Waals surface area (Å²) in [5.74, 6) is 0.606. The molecule has 1 aliphatic rings. The van der Waals surface area contributed by atoms with Crippen molar-refractivity contribution in [3.05, 3.63) is 54.1 Å². The van der Waals surface area contributed by atoms with Crippen molar-refractivity contribution in [2.24, 2.45) is 11.8 Å². The van der Waals surface area contributed by atoms with Crippen molar-refractivity contribution in [3.63, 3.8) is 0 Å². The molecule has 0 N–H and O–H groups in total. The van der Waals surface area contributed by atoms with Gasteiger partial charge in [0.15, 0.2) is 4.90 Å². The molecule has 1 fully saturated rings. The molecule has 1 heterocycles. The van der Waals surface area contributed by atoms with Crippen molar-refractivity contribution < 1.29 is 23.6 Å². The van der Waals surface area contributed by atoms with Crippen molar-refractivity contribution in [2.45, 2.75) is 76.5 Å². The van der Waals surface area contributed by atoms with E-state index in [0.29, 0.717) is 31.8 Å². The highest BCUT2D eigenvalue weighted by molar-refractivity contribution is 7.91. The highest BCUT2D eigenvalue weighted by atomic mass is 32.2. The van der Waals surface area contributed by atoms with Gasteiger partial charge in [-0.3, -0.25) is 9.59 Å². The Kier molecular flexibility index (Phi) is 13.7. The Balaban J connectivity index is 1.56. The first-order valence-corrected chi connectivity index (χ1v) is 13.9. The number of aryl methyl sites for hydroxylation is 1. The van der Waals surface area contributed by atoms with Crippen LogP contribution >= 0.6 is 0 Å². The van der Waals surface area contributed by atoms with Crippen LogP contribution in [-0.2, 0) is 30.2 Å².